The van der Waals surface area contributed by atoms with Gasteiger partial charge in [0.05, 0.1) is 21.6 Å². The molecule has 0 aliphatic carbocycles. The van der Waals surface area contributed by atoms with Crippen molar-refractivity contribution >= 4 is 62.2 Å². The zero-order valence-electron chi connectivity index (χ0n) is 20.8. The van der Waals surface area contributed by atoms with E-state index in [1.165, 1.54) is 23.1 Å². The first-order chi connectivity index (χ1) is 19.2. The molecular weight excluding hydrogens is 618 g/mol. The van der Waals surface area contributed by atoms with Crippen molar-refractivity contribution in [2.75, 3.05) is 4.90 Å². The molecule has 2 amide bonds. The van der Waals surface area contributed by atoms with Gasteiger partial charge in [-0.25, -0.2) is 4.90 Å². The molecule has 1 aromatic heterocycles. The Balaban J connectivity index is 1.47. The van der Waals surface area contributed by atoms with Crippen LogP contribution in [0.3, 0.4) is 0 Å². The van der Waals surface area contributed by atoms with E-state index in [-0.39, 0.29) is 17.2 Å². The summed E-state index contributed by atoms with van der Waals surface area (Å²) in [6, 6.07) is 18.9. The van der Waals surface area contributed by atoms with Crippen molar-refractivity contribution in [3.05, 3.63) is 113 Å². The number of ether oxygens (including phenoxy) is 1. The molecule has 202 valence electrons. The largest absolute Gasteiger partial charge is 0.489 e. The molecule has 1 fully saturated rings. The first kappa shape index (κ1) is 26.5. The number of amides is 2. The lowest BCUT2D eigenvalue weighted by Gasteiger charge is -2.30. The summed E-state index contributed by atoms with van der Waals surface area (Å²) >= 11 is 5.46. The molecular formula is C28H20BrN3O6S2. The number of rotatable bonds is 6. The molecule has 40 heavy (non-hydrogen) atoms. The molecule has 0 bridgehead atoms. The second-order valence-corrected chi connectivity index (χ2v) is 12.6. The summed E-state index contributed by atoms with van der Waals surface area (Å²) in [6.45, 7) is 2.17. The Bertz CT molecular complexity index is 1720. The molecule has 9 nitrogen and oxygen atoms in total. The number of nitro groups is 1. The first-order valence-electron chi connectivity index (χ1n) is 12.2. The Morgan fingerprint density at radius 3 is 2.45 bits per heavy atom. The van der Waals surface area contributed by atoms with Crippen LogP contribution >= 0.6 is 39.0 Å². The number of imide groups is 1. The zero-order chi connectivity index (χ0) is 28.1. The number of aryl methyl sites for hydroxylation is 1. The number of non-ortho nitro benzene ring substituents is 1. The zero-order valence-corrected chi connectivity index (χ0v) is 24.0. The standard InChI is InChI=1S/C28H20BrN3O6S2/c1-14-2-4-15(5-3-14)13-38-20-11-10-18(32(36)37)12-19(20)21-22-24(39-25-23(21)40-28(35)30-25)27(34)31(26(22)33)17-8-6-16(29)7-9-17/h2-12,21-22,24H,13H2,1H3,(H,30,35). The van der Waals surface area contributed by atoms with Gasteiger partial charge in [0.1, 0.15) is 17.6 Å². The van der Waals surface area contributed by atoms with E-state index in [2.05, 4.69) is 20.9 Å². The topological polar surface area (TPSA) is 123 Å². The van der Waals surface area contributed by atoms with E-state index in [0.717, 1.165) is 38.7 Å². The number of benzene rings is 3. The molecule has 3 atom stereocenters. The summed E-state index contributed by atoms with van der Waals surface area (Å²) in [6.07, 6.45) is 0. The van der Waals surface area contributed by atoms with Gasteiger partial charge in [0.2, 0.25) is 11.8 Å². The van der Waals surface area contributed by atoms with E-state index in [0.29, 0.717) is 26.9 Å². The maximum Gasteiger partial charge on any atom is 0.305 e. The Kier molecular flexibility index (Phi) is 6.85. The second-order valence-electron chi connectivity index (χ2n) is 9.49. The number of H-pyrrole nitrogens is 1. The molecule has 1 saturated heterocycles. The number of aromatic nitrogens is 1. The van der Waals surface area contributed by atoms with Crippen LogP contribution in [0, 0.1) is 23.0 Å². The summed E-state index contributed by atoms with van der Waals surface area (Å²) in [5.41, 5.74) is 2.62. The monoisotopic (exact) mass is 637 g/mol. The SMILES string of the molecule is Cc1ccc(COc2ccc([N+](=O)[O-])cc2C2c3sc(=O)[nH]c3SC3C(=O)N(c4ccc(Br)cc4)C(=O)C32)cc1. The van der Waals surface area contributed by atoms with E-state index in [9.17, 15) is 24.5 Å². The van der Waals surface area contributed by atoms with Gasteiger partial charge in [-0.05, 0) is 42.8 Å². The van der Waals surface area contributed by atoms with Crippen LogP contribution in [0.2, 0.25) is 0 Å². The van der Waals surface area contributed by atoms with Crippen LogP contribution in [-0.2, 0) is 16.2 Å². The highest BCUT2D eigenvalue weighted by Gasteiger charge is 2.57. The van der Waals surface area contributed by atoms with Gasteiger partial charge in [-0.15, -0.1) is 0 Å². The molecule has 0 saturated carbocycles. The fourth-order valence-electron chi connectivity index (χ4n) is 5.07. The number of anilines is 1. The Labute approximate surface area is 244 Å². The lowest BCUT2D eigenvalue weighted by Crippen LogP contribution is -2.32. The van der Waals surface area contributed by atoms with Gasteiger partial charge in [-0.3, -0.25) is 24.5 Å². The molecule has 2 aliphatic rings. The number of nitro benzene ring substituents is 1. The smallest absolute Gasteiger partial charge is 0.305 e. The molecule has 3 unspecified atom stereocenters. The number of carbonyl (C=O) groups is 2. The van der Waals surface area contributed by atoms with Gasteiger partial charge < -0.3 is 9.72 Å². The highest BCUT2D eigenvalue weighted by Crippen LogP contribution is 2.55. The van der Waals surface area contributed by atoms with Crippen molar-refractivity contribution in [1.29, 1.82) is 0 Å². The molecule has 0 spiro atoms. The molecule has 1 N–H and O–H groups in total. The van der Waals surface area contributed by atoms with Crippen LogP contribution in [0.5, 0.6) is 5.75 Å². The minimum atomic E-state index is -0.899. The number of thiazole rings is 1. The lowest BCUT2D eigenvalue weighted by molar-refractivity contribution is -0.385. The van der Waals surface area contributed by atoms with E-state index < -0.39 is 33.8 Å². The van der Waals surface area contributed by atoms with E-state index >= 15 is 0 Å². The van der Waals surface area contributed by atoms with Crippen molar-refractivity contribution in [2.24, 2.45) is 5.92 Å². The predicted octanol–water partition coefficient (Wildman–Crippen LogP) is 5.79. The number of fused-ring (bicyclic) bond motifs is 2. The van der Waals surface area contributed by atoms with E-state index in [1.54, 1.807) is 24.3 Å². The number of halogens is 1. The van der Waals surface area contributed by atoms with Gasteiger partial charge in [0, 0.05) is 33.0 Å². The molecule has 3 heterocycles. The minimum Gasteiger partial charge on any atom is -0.489 e. The summed E-state index contributed by atoms with van der Waals surface area (Å²) in [5, 5.41) is 11.4. The van der Waals surface area contributed by atoms with Gasteiger partial charge in [-0.2, -0.15) is 0 Å². The maximum atomic E-state index is 14.0. The van der Waals surface area contributed by atoms with Crippen LogP contribution in [-0.4, -0.2) is 27.0 Å². The number of thioether (sulfide) groups is 1. The Morgan fingerprint density at radius 1 is 1.02 bits per heavy atom. The second kappa shape index (κ2) is 10.3. The minimum absolute atomic E-state index is 0.182. The number of nitrogens with zero attached hydrogens (tertiary/aromatic N) is 2. The highest BCUT2D eigenvalue weighted by atomic mass is 79.9. The average Bonchev–Trinajstić information content (AvgIpc) is 3.43. The summed E-state index contributed by atoms with van der Waals surface area (Å²) < 4.78 is 6.98. The third-order valence-electron chi connectivity index (χ3n) is 6.96. The molecule has 3 aromatic carbocycles. The fraction of sp³-hybridized carbons (Fsp3) is 0.179. The van der Waals surface area contributed by atoms with Crippen LogP contribution in [0.1, 0.15) is 27.5 Å². The Morgan fingerprint density at radius 2 is 1.75 bits per heavy atom. The van der Waals surface area contributed by atoms with Crippen LogP contribution in [0.25, 0.3) is 0 Å². The molecule has 12 heteroatoms. The van der Waals surface area contributed by atoms with Gasteiger partial charge in [-0.1, -0.05) is 68.9 Å². The number of nitrogens with one attached hydrogen (secondary N) is 1. The third-order valence-corrected chi connectivity index (χ3v) is 9.89. The van der Waals surface area contributed by atoms with Gasteiger partial charge in [0.15, 0.2) is 0 Å². The van der Waals surface area contributed by atoms with Crippen molar-refractivity contribution in [1.82, 2.24) is 4.98 Å². The highest BCUT2D eigenvalue weighted by molar-refractivity contribution is 9.10. The Hall–Kier alpha value is -3.74. The number of carbonyl (C=O) groups excluding carboxylic acids is 2. The summed E-state index contributed by atoms with van der Waals surface area (Å²) in [5.74, 6) is -2.20. The maximum absolute atomic E-state index is 14.0. The van der Waals surface area contributed by atoms with Crippen LogP contribution < -0.4 is 14.5 Å². The quantitative estimate of drug-likeness (QED) is 0.161. The first-order valence-corrected chi connectivity index (χ1v) is 14.7. The molecule has 6 rings (SSSR count). The predicted molar refractivity (Wildman–Crippen MR) is 155 cm³/mol. The van der Waals surface area contributed by atoms with Gasteiger partial charge in [0.25, 0.3) is 5.69 Å². The van der Waals surface area contributed by atoms with Crippen LogP contribution in [0.15, 0.2) is 81.0 Å². The van der Waals surface area contributed by atoms with Crippen molar-refractivity contribution in [3.8, 4) is 5.75 Å². The molecule has 2 aliphatic heterocycles. The van der Waals surface area contributed by atoms with E-state index in [1.807, 2.05) is 31.2 Å². The van der Waals surface area contributed by atoms with Crippen molar-refractivity contribution < 1.29 is 19.2 Å². The average molecular weight is 639 g/mol. The molecule has 0 radical (unpaired) electrons. The summed E-state index contributed by atoms with van der Waals surface area (Å²) in [7, 11) is 0. The fourth-order valence-corrected chi connectivity index (χ4v) is 7.84. The van der Waals surface area contributed by atoms with E-state index in [4.69, 9.17) is 4.74 Å². The third kappa shape index (κ3) is 4.65. The number of aromatic amines is 1. The lowest BCUT2D eigenvalue weighted by atomic mass is 9.82. The van der Waals surface area contributed by atoms with Crippen molar-refractivity contribution in [2.45, 2.75) is 29.7 Å². The number of hydrogen-bond donors (Lipinski definition) is 1. The summed E-state index contributed by atoms with van der Waals surface area (Å²) in [4.78, 5) is 55.6. The molecule has 4 aromatic rings. The number of hydrogen-bond acceptors (Lipinski definition) is 8. The van der Waals surface area contributed by atoms with Crippen molar-refractivity contribution in [3.63, 3.8) is 0 Å². The van der Waals surface area contributed by atoms with Crippen LogP contribution in [0.4, 0.5) is 11.4 Å². The van der Waals surface area contributed by atoms with Gasteiger partial charge >= 0.3 is 4.87 Å². The normalized spacial score (nSPS) is 19.9.